The first-order chi connectivity index (χ1) is 7.16. The second-order valence-corrected chi connectivity index (χ2v) is 4.51. The molecule has 0 unspecified atom stereocenters. The number of hydrogen-bond acceptors (Lipinski definition) is 2. The van der Waals surface area contributed by atoms with Crippen LogP contribution in [-0.4, -0.2) is 30.7 Å². The van der Waals surface area contributed by atoms with Gasteiger partial charge in [-0.3, -0.25) is 4.79 Å². The Morgan fingerprint density at radius 2 is 2.33 bits per heavy atom. The Morgan fingerprint density at radius 1 is 1.60 bits per heavy atom. The fourth-order valence-electron chi connectivity index (χ4n) is 2.86. The van der Waals surface area contributed by atoms with Crippen LogP contribution in [0.1, 0.15) is 20.3 Å². The number of rotatable bonds is 2. The molecule has 1 amide bonds. The lowest BCUT2D eigenvalue weighted by Crippen LogP contribution is -2.34. The minimum atomic E-state index is -0.0140. The first-order valence-corrected chi connectivity index (χ1v) is 5.71. The van der Waals surface area contributed by atoms with Gasteiger partial charge in [0.1, 0.15) is 6.23 Å². The highest BCUT2D eigenvalue weighted by Crippen LogP contribution is 2.41. The van der Waals surface area contributed by atoms with Gasteiger partial charge < -0.3 is 9.64 Å². The van der Waals surface area contributed by atoms with E-state index in [1.54, 1.807) is 4.90 Å². The van der Waals surface area contributed by atoms with Crippen molar-refractivity contribution in [2.45, 2.75) is 26.5 Å². The van der Waals surface area contributed by atoms with Crippen molar-refractivity contribution in [1.29, 1.82) is 0 Å². The molecule has 1 aliphatic carbocycles. The van der Waals surface area contributed by atoms with Crippen molar-refractivity contribution in [3.05, 3.63) is 12.2 Å². The van der Waals surface area contributed by atoms with Gasteiger partial charge in [0.2, 0.25) is 5.91 Å². The molecule has 4 atom stereocenters. The van der Waals surface area contributed by atoms with Crippen LogP contribution in [0.4, 0.5) is 0 Å². The van der Waals surface area contributed by atoms with Crippen molar-refractivity contribution in [3.8, 4) is 0 Å². The highest BCUT2D eigenvalue weighted by Gasteiger charge is 2.49. The first-order valence-electron chi connectivity index (χ1n) is 5.71. The number of likely N-dealkylation sites (tertiary alicyclic amines) is 1. The molecule has 0 saturated carbocycles. The van der Waals surface area contributed by atoms with Crippen LogP contribution in [0.3, 0.4) is 0 Å². The maximum Gasteiger partial charge on any atom is 0.228 e. The van der Waals surface area contributed by atoms with Crippen LogP contribution >= 0.6 is 0 Å². The molecule has 2 rings (SSSR count). The monoisotopic (exact) mass is 209 g/mol. The zero-order valence-corrected chi connectivity index (χ0v) is 9.64. The van der Waals surface area contributed by atoms with Crippen molar-refractivity contribution in [1.82, 2.24) is 4.90 Å². The summed E-state index contributed by atoms with van der Waals surface area (Å²) in [7, 11) is 1.85. The molecule has 0 aromatic carbocycles. The maximum atomic E-state index is 12.0. The molecule has 0 aromatic rings. The number of fused-ring (bicyclic) bond motifs is 1. The van der Waals surface area contributed by atoms with E-state index >= 15 is 0 Å². The van der Waals surface area contributed by atoms with Gasteiger partial charge >= 0.3 is 0 Å². The molecule has 1 aliphatic heterocycles. The lowest BCUT2D eigenvalue weighted by molar-refractivity contribution is -0.136. The van der Waals surface area contributed by atoms with E-state index in [1.165, 1.54) is 0 Å². The van der Waals surface area contributed by atoms with Gasteiger partial charge in [-0.25, -0.2) is 0 Å². The molecule has 2 aliphatic rings. The van der Waals surface area contributed by atoms with Gasteiger partial charge in [0.25, 0.3) is 0 Å². The lowest BCUT2D eigenvalue weighted by Gasteiger charge is -2.28. The molecule has 0 bridgehead atoms. The minimum absolute atomic E-state index is 0.0140. The van der Waals surface area contributed by atoms with Gasteiger partial charge in [0.05, 0.1) is 5.92 Å². The lowest BCUT2D eigenvalue weighted by atomic mass is 9.78. The Labute approximate surface area is 91.1 Å². The largest absolute Gasteiger partial charge is 0.358 e. The zero-order chi connectivity index (χ0) is 11.0. The highest BCUT2D eigenvalue weighted by atomic mass is 16.5. The van der Waals surface area contributed by atoms with E-state index in [-0.39, 0.29) is 18.1 Å². The van der Waals surface area contributed by atoms with E-state index in [9.17, 15) is 4.79 Å². The second kappa shape index (κ2) is 3.97. The smallest absolute Gasteiger partial charge is 0.228 e. The van der Waals surface area contributed by atoms with Crippen molar-refractivity contribution in [2.24, 2.45) is 17.8 Å². The highest BCUT2D eigenvalue weighted by molar-refractivity contribution is 5.82. The van der Waals surface area contributed by atoms with Gasteiger partial charge in [0.15, 0.2) is 0 Å². The number of carbonyl (C=O) groups excluding carboxylic acids is 1. The SMILES string of the molecule is CCO[C@H]1[C@@H]2CC=C[C@H](C)[C@@H]2C(=O)N1C. The number of nitrogens with zero attached hydrogens (tertiary/aromatic N) is 1. The maximum absolute atomic E-state index is 12.0. The summed E-state index contributed by atoms with van der Waals surface area (Å²) in [5, 5.41) is 0. The van der Waals surface area contributed by atoms with E-state index in [4.69, 9.17) is 4.74 Å². The third-order valence-electron chi connectivity index (χ3n) is 3.59. The van der Waals surface area contributed by atoms with Crippen molar-refractivity contribution in [3.63, 3.8) is 0 Å². The predicted octanol–water partition coefficient (Wildman–Crippen LogP) is 1.65. The van der Waals surface area contributed by atoms with Crippen LogP contribution in [0, 0.1) is 17.8 Å². The van der Waals surface area contributed by atoms with E-state index in [0.29, 0.717) is 18.4 Å². The van der Waals surface area contributed by atoms with Crippen LogP contribution < -0.4 is 0 Å². The summed E-state index contributed by atoms with van der Waals surface area (Å²) in [5.74, 6) is 1.08. The first kappa shape index (κ1) is 10.7. The Bertz CT molecular complexity index is 287. The number of hydrogen-bond donors (Lipinski definition) is 0. The van der Waals surface area contributed by atoms with Crippen LogP contribution in [0.2, 0.25) is 0 Å². The molecule has 1 heterocycles. The molecule has 0 N–H and O–H groups in total. The summed E-state index contributed by atoms with van der Waals surface area (Å²) in [6.07, 6.45) is 5.29. The Balaban J connectivity index is 2.23. The van der Waals surface area contributed by atoms with Gasteiger partial charge in [-0.1, -0.05) is 19.1 Å². The Hall–Kier alpha value is -0.830. The molecule has 0 spiro atoms. The average molecular weight is 209 g/mol. The summed E-state index contributed by atoms with van der Waals surface area (Å²) < 4.78 is 5.67. The van der Waals surface area contributed by atoms with Crippen molar-refractivity contribution < 1.29 is 9.53 Å². The fourth-order valence-corrected chi connectivity index (χ4v) is 2.86. The van der Waals surface area contributed by atoms with Gasteiger partial charge in [0, 0.05) is 19.6 Å². The minimum Gasteiger partial charge on any atom is -0.358 e. The number of amides is 1. The van der Waals surface area contributed by atoms with Gasteiger partial charge in [-0.2, -0.15) is 0 Å². The molecule has 3 heteroatoms. The molecule has 1 fully saturated rings. The molecule has 0 radical (unpaired) electrons. The molecular weight excluding hydrogens is 190 g/mol. The van der Waals surface area contributed by atoms with E-state index in [0.717, 1.165) is 6.42 Å². The summed E-state index contributed by atoms with van der Waals surface area (Å²) in [4.78, 5) is 13.8. The molecular formula is C12H19NO2. The van der Waals surface area contributed by atoms with Crippen molar-refractivity contribution >= 4 is 5.91 Å². The van der Waals surface area contributed by atoms with Crippen LogP contribution in [0.5, 0.6) is 0 Å². The second-order valence-electron chi connectivity index (χ2n) is 4.51. The van der Waals surface area contributed by atoms with Gasteiger partial charge in [-0.15, -0.1) is 0 Å². The van der Waals surface area contributed by atoms with Crippen LogP contribution in [0.15, 0.2) is 12.2 Å². The summed E-state index contributed by atoms with van der Waals surface area (Å²) in [6, 6.07) is 0. The normalized spacial score (nSPS) is 39.7. The quantitative estimate of drug-likeness (QED) is 0.647. The van der Waals surface area contributed by atoms with Crippen LogP contribution in [0.25, 0.3) is 0 Å². The summed E-state index contributed by atoms with van der Waals surface area (Å²) >= 11 is 0. The summed E-state index contributed by atoms with van der Waals surface area (Å²) in [6.45, 7) is 4.77. The van der Waals surface area contributed by atoms with Gasteiger partial charge in [-0.05, 0) is 19.3 Å². The zero-order valence-electron chi connectivity index (χ0n) is 9.64. The molecule has 1 saturated heterocycles. The van der Waals surface area contributed by atoms with E-state index in [1.807, 2.05) is 14.0 Å². The van der Waals surface area contributed by atoms with E-state index < -0.39 is 0 Å². The van der Waals surface area contributed by atoms with Crippen molar-refractivity contribution in [2.75, 3.05) is 13.7 Å². The molecule has 15 heavy (non-hydrogen) atoms. The fraction of sp³-hybridized carbons (Fsp3) is 0.750. The Kier molecular flexibility index (Phi) is 2.83. The predicted molar refractivity (Wildman–Crippen MR) is 58.1 cm³/mol. The molecule has 0 aromatic heterocycles. The molecule has 3 nitrogen and oxygen atoms in total. The third-order valence-corrected chi connectivity index (χ3v) is 3.59. The van der Waals surface area contributed by atoms with Crippen LogP contribution in [-0.2, 0) is 9.53 Å². The topological polar surface area (TPSA) is 29.5 Å². The summed E-state index contributed by atoms with van der Waals surface area (Å²) in [5.41, 5.74) is 0. The standard InChI is InChI=1S/C12H19NO2/c1-4-15-12-9-7-5-6-8(2)10(9)11(14)13(12)3/h5-6,8-10,12H,4,7H2,1-3H3/t8-,9+,10-,12-/m0/s1. The number of carbonyl (C=O) groups is 1. The van der Waals surface area contributed by atoms with E-state index in [2.05, 4.69) is 19.1 Å². The Morgan fingerprint density at radius 3 is 3.00 bits per heavy atom. The number of ether oxygens (including phenoxy) is 1. The average Bonchev–Trinajstić information content (AvgIpc) is 2.45. The third kappa shape index (κ3) is 1.59. The number of allylic oxidation sites excluding steroid dienone is 2. The molecule has 84 valence electrons.